The molecule has 3 fully saturated rings. The zero-order valence-corrected chi connectivity index (χ0v) is 26.4. The molecule has 0 aromatic carbocycles. The molecule has 3 aliphatic heterocycles. The molecule has 3 saturated heterocycles. The van der Waals surface area contributed by atoms with Gasteiger partial charge in [-0.15, -0.1) is 0 Å². The fraction of sp³-hybridized carbons (Fsp3) is 0.968. The van der Waals surface area contributed by atoms with E-state index < -0.39 is 68.0 Å². The second-order valence-electron chi connectivity index (χ2n) is 12.7. The molecule has 3 rings (SSSR count). The van der Waals surface area contributed by atoms with Crippen LogP contribution in [0.1, 0.15) is 91.9 Å². The lowest BCUT2D eigenvalue weighted by molar-refractivity contribution is -0.357. The highest BCUT2D eigenvalue weighted by molar-refractivity contribution is 5.78. The SMILES string of the molecule is CCC1CCCC(CC)C(=O)NCCCC(CC)C(OC2OC(C)C(O)C(N)C2OC2OC(CO)C(O)C(O)C2O)CC1. The lowest BCUT2D eigenvalue weighted by atomic mass is 9.85. The number of amides is 1. The standard InChI is InChI=1S/C31H58N2O10/c1-5-18-10-8-11-20(7-3)29(39)33-15-9-12-19(6-2)21(14-13-18)41-31-28(23(32)24(35)17(4)40-31)43-30-27(38)26(37)25(36)22(16-34)42-30/h17-28,30-31,34-38H,5-16,32H2,1-4H3,(H,33,39). The van der Waals surface area contributed by atoms with Gasteiger partial charge in [0.05, 0.1) is 31.0 Å². The Kier molecular flexibility index (Phi) is 15.0. The Morgan fingerprint density at radius 2 is 1.58 bits per heavy atom. The minimum atomic E-state index is -1.63. The van der Waals surface area contributed by atoms with Crippen molar-refractivity contribution >= 4 is 5.91 Å². The van der Waals surface area contributed by atoms with Gasteiger partial charge in [0.2, 0.25) is 5.91 Å². The van der Waals surface area contributed by atoms with E-state index in [4.69, 9.17) is 24.7 Å². The van der Waals surface area contributed by atoms with Gasteiger partial charge in [0.15, 0.2) is 12.6 Å². The summed E-state index contributed by atoms with van der Waals surface area (Å²) in [5.41, 5.74) is 6.44. The molecule has 12 nitrogen and oxygen atoms in total. The fourth-order valence-electron chi connectivity index (χ4n) is 6.74. The summed E-state index contributed by atoms with van der Waals surface area (Å²) in [4.78, 5) is 12.8. The Bertz CT molecular complexity index is 821. The molecule has 14 unspecified atom stereocenters. The van der Waals surface area contributed by atoms with Crippen LogP contribution in [0, 0.1) is 17.8 Å². The molecule has 43 heavy (non-hydrogen) atoms. The van der Waals surface area contributed by atoms with Gasteiger partial charge in [0.25, 0.3) is 0 Å². The van der Waals surface area contributed by atoms with E-state index in [2.05, 4.69) is 26.1 Å². The number of nitrogens with one attached hydrogen (secondary N) is 1. The van der Waals surface area contributed by atoms with Crippen molar-refractivity contribution < 1.29 is 49.3 Å². The Hall–Kier alpha value is -0.930. The smallest absolute Gasteiger partial charge is 0.223 e. The lowest BCUT2D eigenvalue weighted by Crippen LogP contribution is -2.66. The molecular weight excluding hydrogens is 560 g/mol. The van der Waals surface area contributed by atoms with Crippen molar-refractivity contribution in [3.8, 4) is 0 Å². The molecule has 252 valence electrons. The Labute approximate surface area is 256 Å². The molecule has 0 bridgehead atoms. The first-order valence-electron chi connectivity index (χ1n) is 16.5. The van der Waals surface area contributed by atoms with Crippen LogP contribution in [0.5, 0.6) is 0 Å². The second kappa shape index (κ2) is 17.7. The van der Waals surface area contributed by atoms with Crippen molar-refractivity contribution in [1.82, 2.24) is 5.32 Å². The Morgan fingerprint density at radius 3 is 2.23 bits per heavy atom. The molecule has 0 saturated carbocycles. The minimum Gasteiger partial charge on any atom is -0.394 e. The summed E-state index contributed by atoms with van der Waals surface area (Å²) in [5, 5.41) is 54.6. The highest BCUT2D eigenvalue weighted by atomic mass is 16.8. The average Bonchev–Trinajstić information content (AvgIpc) is 3.00. The summed E-state index contributed by atoms with van der Waals surface area (Å²) >= 11 is 0. The summed E-state index contributed by atoms with van der Waals surface area (Å²) < 4.78 is 24.5. The molecule has 0 aromatic rings. The van der Waals surface area contributed by atoms with Gasteiger partial charge in [-0.3, -0.25) is 4.79 Å². The van der Waals surface area contributed by atoms with Crippen molar-refractivity contribution in [2.24, 2.45) is 23.5 Å². The minimum absolute atomic E-state index is 0.0594. The summed E-state index contributed by atoms with van der Waals surface area (Å²) in [6.07, 6.45) is -2.41. The van der Waals surface area contributed by atoms with Gasteiger partial charge in [-0.05, 0) is 57.3 Å². The zero-order chi connectivity index (χ0) is 31.7. The normalized spacial score (nSPS) is 44.4. The highest BCUT2D eigenvalue weighted by Gasteiger charge is 2.50. The van der Waals surface area contributed by atoms with Gasteiger partial charge in [-0.25, -0.2) is 0 Å². The number of ether oxygens (including phenoxy) is 4. The maximum Gasteiger partial charge on any atom is 0.223 e. The van der Waals surface area contributed by atoms with Gasteiger partial charge in [0, 0.05) is 12.5 Å². The van der Waals surface area contributed by atoms with Crippen LogP contribution >= 0.6 is 0 Å². The van der Waals surface area contributed by atoms with E-state index >= 15 is 0 Å². The van der Waals surface area contributed by atoms with E-state index in [9.17, 15) is 30.3 Å². The fourth-order valence-corrected chi connectivity index (χ4v) is 6.74. The van der Waals surface area contributed by atoms with Crippen molar-refractivity contribution in [3.63, 3.8) is 0 Å². The quantitative estimate of drug-likeness (QED) is 0.205. The van der Waals surface area contributed by atoms with Crippen LogP contribution in [0.25, 0.3) is 0 Å². The van der Waals surface area contributed by atoms with Gasteiger partial charge in [-0.1, -0.05) is 46.5 Å². The molecule has 8 N–H and O–H groups in total. The van der Waals surface area contributed by atoms with Crippen molar-refractivity contribution in [3.05, 3.63) is 0 Å². The third kappa shape index (κ3) is 9.54. The molecule has 12 heteroatoms. The van der Waals surface area contributed by atoms with Crippen molar-refractivity contribution in [2.75, 3.05) is 13.2 Å². The van der Waals surface area contributed by atoms with Gasteiger partial charge < -0.3 is 55.5 Å². The molecule has 3 aliphatic rings. The van der Waals surface area contributed by atoms with E-state index in [-0.39, 0.29) is 23.8 Å². The van der Waals surface area contributed by atoms with Crippen molar-refractivity contribution in [1.29, 1.82) is 0 Å². The number of hydrogen-bond donors (Lipinski definition) is 7. The topological polar surface area (TPSA) is 193 Å². The Morgan fingerprint density at radius 1 is 0.837 bits per heavy atom. The van der Waals surface area contributed by atoms with Crippen LogP contribution in [0.15, 0.2) is 0 Å². The largest absolute Gasteiger partial charge is 0.394 e. The lowest BCUT2D eigenvalue weighted by Gasteiger charge is -2.47. The number of nitrogens with two attached hydrogens (primary N) is 1. The summed E-state index contributed by atoms with van der Waals surface area (Å²) in [6.45, 7) is 8.10. The first-order valence-corrected chi connectivity index (χ1v) is 16.5. The number of aliphatic hydroxyl groups is 5. The van der Waals surface area contributed by atoms with Gasteiger partial charge in [0.1, 0.15) is 30.5 Å². The van der Waals surface area contributed by atoms with Gasteiger partial charge in [-0.2, -0.15) is 0 Å². The maximum absolute atomic E-state index is 12.8. The monoisotopic (exact) mass is 618 g/mol. The second-order valence-corrected chi connectivity index (χ2v) is 12.7. The van der Waals surface area contributed by atoms with E-state index in [0.717, 1.165) is 64.2 Å². The predicted molar refractivity (Wildman–Crippen MR) is 159 cm³/mol. The number of aliphatic hydroxyl groups excluding tert-OH is 5. The number of hydrogen-bond acceptors (Lipinski definition) is 11. The predicted octanol–water partition coefficient (Wildman–Crippen LogP) is 0.929. The summed E-state index contributed by atoms with van der Waals surface area (Å²) in [5.74, 6) is 0.848. The van der Waals surface area contributed by atoms with Crippen LogP contribution < -0.4 is 11.1 Å². The van der Waals surface area contributed by atoms with Gasteiger partial charge >= 0.3 is 0 Å². The maximum atomic E-state index is 12.8. The molecule has 0 aromatic heterocycles. The van der Waals surface area contributed by atoms with Crippen LogP contribution in [-0.4, -0.2) is 112 Å². The van der Waals surface area contributed by atoms with Crippen LogP contribution in [0.2, 0.25) is 0 Å². The Balaban J connectivity index is 1.81. The molecule has 0 spiro atoms. The summed E-state index contributed by atoms with van der Waals surface area (Å²) in [7, 11) is 0. The third-order valence-corrected chi connectivity index (χ3v) is 9.89. The van der Waals surface area contributed by atoms with Crippen molar-refractivity contribution in [2.45, 2.75) is 159 Å². The first-order chi connectivity index (χ1) is 20.6. The summed E-state index contributed by atoms with van der Waals surface area (Å²) in [6, 6.07) is -0.968. The molecular formula is C31H58N2O10. The number of rotatable bonds is 8. The van der Waals surface area contributed by atoms with E-state index in [1.54, 1.807) is 6.92 Å². The molecule has 0 aliphatic carbocycles. The highest BCUT2D eigenvalue weighted by Crippen LogP contribution is 2.34. The molecule has 3 heterocycles. The molecule has 0 radical (unpaired) electrons. The number of carbonyl (C=O) groups excluding carboxylic acids is 1. The first kappa shape index (κ1) is 36.5. The van der Waals surface area contributed by atoms with E-state index in [0.29, 0.717) is 12.5 Å². The molecule has 1 amide bonds. The average molecular weight is 619 g/mol. The zero-order valence-electron chi connectivity index (χ0n) is 26.4. The van der Waals surface area contributed by atoms with Crippen LogP contribution in [0.4, 0.5) is 0 Å². The van der Waals surface area contributed by atoms with E-state index in [1.165, 1.54) is 0 Å². The third-order valence-electron chi connectivity index (χ3n) is 9.89. The van der Waals surface area contributed by atoms with Crippen LogP contribution in [-0.2, 0) is 23.7 Å². The number of carbonyl (C=O) groups is 1. The van der Waals surface area contributed by atoms with E-state index in [1.807, 2.05) is 0 Å². The molecule has 14 atom stereocenters. The van der Waals surface area contributed by atoms with Crippen LogP contribution in [0.3, 0.4) is 0 Å².